The molecule has 0 unspecified atom stereocenters. The third-order valence-corrected chi connectivity index (χ3v) is 6.10. The molecule has 3 rings (SSSR count). The second kappa shape index (κ2) is 8.47. The number of para-hydroxylation sites is 1. The lowest BCUT2D eigenvalue weighted by molar-refractivity contribution is 0.0843. The van der Waals surface area contributed by atoms with Gasteiger partial charge < -0.3 is 0 Å². The number of hydrogen-bond donors (Lipinski definition) is 2. The Labute approximate surface area is 174 Å². The monoisotopic (exact) mass is 427 g/mol. The molecule has 9 nitrogen and oxygen atoms in total. The normalized spacial score (nSPS) is 11.3. The standard InChI is InChI=1S/C20H21N5O4S/c1-14-12-18(23-25(14)16-9-5-4-6-10-16)20(27)22-21-19(26)15-8-7-11-17(13-15)30(28,29)24(2)3/h4-13H,1-3H3,(H,21,26)(H,22,27). The Kier molecular flexibility index (Phi) is 5.99. The van der Waals surface area contributed by atoms with Crippen molar-refractivity contribution in [1.82, 2.24) is 24.9 Å². The molecule has 2 amide bonds. The first kappa shape index (κ1) is 21.2. The average molecular weight is 427 g/mol. The van der Waals surface area contributed by atoms with Gasteiger partial charge in [-0.3, -0.25) is 20.4 Å². The number of rotatable bonds is 5. The lowest BCUT2D eigenvalue weighted by Crippen LogP contribution is -2.41. The summed E-state index contributed by atoms with van der Waals surface area (Å²) in [4.78, 5) is 24.7. The number of nitrogens with one attached hydrogen (secondary N) is 2. The highest BCUT2D eigenvalue weighted by atomic mass is 32.2. The predicted molar refractivity (Wildman–Crippen MR) is 111 cm³/mol. The summed E-state index contributed by atoms with van der Waals surface area (Å²) in [5.74, 6) is -1.25. The Bertz CT molecular complexity index is 1190. The van der Waals surface area contributed by atoms with Gasteiger partial charge in [0.05, 0.1) is 10.6 Å². The van der Waals surface area contributed by atoms with Crippen LogP contribution in [0.2, 0.25) is 0 Å². The van der Waals surface area contributed by atoms with E-state index in [0.29, 0.717) is 0 Å². The Morgan fingerprint density at radius 2 is 1.60 bits per heavy atom. The fourth-order valence-corrected chi connectivity index (χ4v) is 3.62. The van der Waals surface area contributed by atoms with Crippen LogP contribution >= 0.6 is 0 Å². The third-order valence-electron chi connectivity index (χ3n) is 4.29. The van der Waals surface area contributed by atoms with Crippen molar-refractivity contribution >= 4 is 21.8 Å². The minimum atomic E-state index is -3.68. The fourth-order valence-electron chi connectivity index (χ4n) is 2.67. The van der Waals surface area contributed by atoms with Gasteiger partial charge in [0, 0.05) is 25.4 Å². The SMILES string of the molecule is Cc1cc(C(=O)NNC(=O)c2cccc(S(=O)(=O)N(C)C)c2)nn1-c1ccccc1. The minimum absolute atomic E-state index is 0.0243. The summed E-state index contributed by atoms with van der Waals surface area (Å²) in [7, 11) is -0.879. The van der Waals surface area contributed by atoms with Crippen molar-refractivity contribution in [2.24, 2.45) is 0 Å². The first-order chi connectivity index (χ1) is 14.2. The van der Waals surface area contributed by atoms with Gasteiger partial charge in [-0.1, -0.05) is 24.3 Å². The zero-order chi connectivity index (χ0) is 21.9. The highest BCUT2D eigenvalue weighted by Gasteiger charge is 2.19. The van der Waals surface area contributed by atoms with Crippen LogP contribution in [-0.2, 0) is 10.0 Å². The summed E-state index contributed by atoms with van der Waals surface area (Å²) in [5, 5.41) is 4.26. The van der Waals surface area contributed by atoms with Crippen molar-refractivity contribution in [3.05, 3.63) is 77.6 Å². The topological polar surface area (TPSA) is 113 Å². The molecule has 3 aromatic rings. The summed E-state index contributed by atoms with van der Waals surface area (Å²) in [6.45, 7) is 1.81. The summed E-state index contributed by atoms with van der Waals surface area (Å²) >= 11 is 0. The number of nitrogens with zero attached hydrogens (tertiary/aromatic N) is 3. The number of sulfonamides is 1. The van der Waals surface area contributed by atoms with Gasteiger partial charge in [0.15, 0.2) is 5.69 Å². The number of benzene rings is 2. The first-order valence-electron chi connectivity index (χ1n) is 8.95. The van der Waals surface area contributed by atoms with Crippen LogP contribution in [0.25, 0.3) is 5.69 Å². The number of hydrogen-bond acceptors (Lipinski definition) is 5. The summed E-state index contributed by atoms with van der Waals surface area (Å²) in [6, 6.07) is 16.5. The number of hydrazine groups is 1. The molecule has 0 aliphatic heterocycles. The molecule has 0 saturated carbocycles. The van der Waals surface area contributed by atoms with Crippen molar-refractivity contribution in [2.45, 2.75) is 11.8 Å². The Balaban J connectivity index is 1.71. The second-order valence-corrected chi connectivity index (χ2v) is 8.79. The average Bonchev–Trinajstić information content (AvgIpc) is 3.14. The lowest BCUT2D eigenvalue weighted by atomic mass is 10.2. The van der Waals surface area contributed by atoms with E-state index in [1.807, 2.05) is 37.3 Å². The number of aryl methyl sites for hydroxylation is 1. The van der Waals surface area contributed by atoms with Crippen LogP contribution in [0.15, 0.2) is 65.6 Å². The van der Waals surface area contributed by atoms with Crippen LogP contribution in [0.3, 0.4) is 0 Å². The van der Waals surface area contributed by atoms with Crippen LogP contribution in [0.1, 0.15) is 26.5 Å². The molecular weight excluding hydrogens is 406 g/mol. The van der Waals surface area contributed by atoms with Crippen molar-refractivity contribution < 1.29 is 18.0 Å². The van der Waals surface area contributed by atoms with Crippen LogP contribution in [0.4, 0.5) is 0 Å². The molecular formula is C20H21N5O4S. The van der Waals surface area contributed by atoms with Crippen LogP contribution in [-0.4, -0.2) is 48.4 Å². The van der Waals surface area contributed by atoms with Gasteiger partial charge in [-0.2, -0.15) is 5.10 Å². The summed E-state index contributed by atoms with van der Waals surface area (Å²) in [6.07, 6.45) is 0. The maximum Gasteiger partial charge on any atom is 0.290 e. The van der Waals surface area contributed by atoms with Gasteiger partial charge in [0.2, 0.25) is 10.0 Å². The number of aromatic nitrogens is 2. The predicted octanol–water partition coefficient (Wildman–Crippen LogP) is 1.51. The molecule has 0 spiro atoms. The van der Waals surface area contributed by atoms with E-state index in [0.717, 1.165) is 15.7 Å². The molecule has 0 aliphatic rings. The zero-order valence-corrected chi connectivity index (χ0v) is 17.5. The van der Waals surface area contributed by atoms with E-state index < -0.39 is 21.8 Å². The first-order valence-corrected chi connectivity index (χ1v) is 10.4. The van der Waals surface area contributed by atoms with Crippen LogP contribution in [0, 0.1) is 6.92 Å². The van der Waals surface area contributed by atoms with Gasteiger partial charge in [0.1, 0.15) is 0 Å². The van der Waals surface area contributed by atoms with Gasteiger partial charge >= 0.3 is 0 Å². The molecule has 0 saturated heterocycles. The summed E-state index contributed by atoms with van der Waals surface area (Å²) < 4.78 is 27.1. The fraction of sp³-hybridized carbons (Fsp3) is 0.150. The maximum atomic E-state index is 12.4. The second-order valence-electron chi connectivity index (χ2n) is 6.64. The highest BCUT2D eigenvalue weighted by molar-refractivity contribution is 7.89. The van der Waals surface area contributed by atoms with E-state index in [2.05, 4.69) is 16.0 Å². The van der Waals surface area contributed by atoms with Crippen molar-refractivity contribution in [2.75, 3.05) is 14.1 Å². The van der Waals surface area contributed by atoms with Gasteiger partial charge in [-0.25, -0.2) is 17.4 Å². The van der Waals surface area contributed by atoms with Gasteiger partial charge in [-0.05, 0) is 43.3 Å². The molecule has 156 valence electrons. The molecule has 0 radical (unpaired) electrons. The Hall–Kier alpha value is -3.50. The Morgan fingerprint density at radius 1 is 0.933 bits per heavy atom. The molecule has 2 N–H and O–H groups in total. The van der Waals surface area contributed by atoms with E-state index in [1.165, 1.54) is 38.4 Å². The van der Waals surface area contributed by atoms with E-state index in [-0.39, 0.29) is 16.2 Å². The molecule has 0 bridgehead atoms. The zero-order valence-electron chi connectivity index (χ0n) is 16.7. The minimum Gasteiger partial charge on any atom is -0.267 e. The van der Waals surface area contributed by atoms with Crippen LogP contribution in [0.5, 0.6) is 0 Å². The maximum absolute atomic E-state index is 12.4. The summed E-state index contributed by atoms with van der Waals surface area (Å²) in [5.41, 5.74) is 6.34. The van der Waals surface area contributed by atoms with E-state index >= 15 is 0 Å². The van der Waals surface area contributed by atoms with Crippen molar-refractivity contribution in [3.8, 4) is 5.69 Å². The number of carbonyl (C=O) groups excluding carboxylic acids is 2. The molecule has 0 fully saturated rings. The largest absolute Gasteiger partial charge is 0.290 e. The van der Waals surface area contributed by atoms with Crippen LogP contribution < -0.4 is 10.9 Å². The molecule has 1 aromatic heterocycles. The van der Waals surface area contributed by atoms with Gasteiger partial charge in [-0.15, -0.1) is 0 Å². The smallest absolute Gasteiger partial charge is 0.267 e. The molecule has 30 heavy (non-hydrogen) atoms. The molecule has 0 atom stereocenters. The molecule has 0 aliphatic carbocycles. The number of amides is 2. The van der Waals surface area contributed by atoms with Crippen molar-refractivity contribution in [3.63, 3.8) is 0 Å². The van der Waals surface area contributed by atoms with Gasteiger partial charge in [0.25, 0.3) is 11.8 Å². The van der Waals surface area contributed by atoms with Crippen molar-refractivity contribution in [1.29, 1.82) is 0 Å². The Morgan fingerprint density at radius 3 is 2.27 bits per heavy atom. The molecule has 2 aromatic carbocycles. The molecule has 10 heteroatoms. The highest BCUT2D eigenvalue weighted by Crippen LogP contribution is 2.15. The quantitative estimate of drug-likeness (QED) is 0.599. The third kappa shape index (κ3) is 4.39. The molecule has 1 heterocycles. The van der Waals surface area contributed by atoms with E-state index in [4.69, 9.17) is 0 Å². The number of carbonyl (C=O) groups is 2. The lowest BCUT2D eigenvalue weighted by Gasteiger charge is -2.12. The van der Waals surface area contributed by atoms with E-state index in [1.54, 1.807) is 10.7 Å². The van der Waals surface area contributed by atoms with E-state index in [9.17, 15) is 18.0 Å².